The molecule has 1 aliphatic rings. The summed E-state index contributed by atoms with van der Waals surface area (Å²) in [6, 6.07) is 23.8. The number of aryl methyl sites for hydroxylation is 4. The maximum Gasteiger partial charge on any atom is 0.213 e. The summed E-state index contributed by atoms with van der Waals surface area (Å²) in [6.07, 6.45) is 17.9. The van der Waals surface area contributed by atoms with Crippen LogP contribution in [0.25, 0.3) is 22.0 Å². The van der Waals surface area contributed by atoms with Crippen LogP contribution in [0.3, 0.4) is 0 Å². The summed E-state index contributed by atoms with van der Waals surface area (Å²) < 4.78 is 9.39. The Morgan fingerprint density at radius 1 is 0.568 bits per heavy atom. The number of para-hydroxylation sites is 1. The number of fused-ring (bicyclic) bond motifs is 5. The van der Waals surface area contributed by atoms with E-state index in [0.29, 0.717) is 0 Å². The van der Waals surface area contributed by atoms with E-state index in [2.05, 4.69) is 142 Å². The van der Waals surface area contributed by atoms with Gasteiger partial charge in [0.1, 0.15) is 0 Å². The van der Waals surface area contributed by atoms with Gasteiger partial charge in [0.25, 0.3) is 0 Å². The molecule has 0 unspecified atom stereocenters. The summed E-state index contributed by atoms with van der Waals surface area (Å²) in [5.41, 5.74) is 6.95. The van der Waals surface area contributed by atoms with Crippen LogP contribution in [0.4, 0.5) is 0 Å². The molecule has 4 aromatic heterocycles. The van der Waals surface area contributed by atoms with E-state index in [9.17, 15) is 0 Å². The fraction of sp³-hybridized carbons (Fsp3) is 0.273. The van der Waals surface area contributed by atoms with Gasteiger partial charge in [-0.3, -0.25) is 0 Å². The van der Waals surface area contributed by atoms with Gasteiger partial charge in [0.2, 0.25) is 5.52 Å². The summed E-state index contributed by atoms with van der Waals surface area (Å²) in [5.74, 6) is 0. The molecule has 5 aromatic rings. The minimum absolute atomic E-state index is 0.0399. The van der Waals surface area contributed by atoms with E-state index in [-0.39, 0.29) is 5.41 Å². The van der Waals surface area contributed by atoms with E-state index in [4.69, 9.17) is 0 Å². The third-order valence-electron chi connectivity index (χ3n) is 7.87. The van der Waals surface area contributed by atoms with Crippen LogP contribution in [-0.2, 0) is 31.6 Å². The molecule has 0 aliphatic heterocycles. The molecule has 0 bridgehead atoms. The van der Waals surface area contributed by atoms with Crippen molar-refractivity contribution in [3.8, 4) is 11.1 Å². The zero-order valence-electron chi connectivity index (χ0n) is 21.9. The van der Waals surface area contributed by atoms with E-state index < -0.39 is 0 Å². The van der Waals surface area contributed by atoms with Crippen molar-refractivity contribution in [3.05, 3.63) is 121 Å². The highest BCUT2D eigenvalue weighted by Gasteiger charge is 2.41. The number of aromatic nitrogens is 4. The zero-order chi connectivity index (χ0) is 25.2. The first-order chi connectivity index (χ1) is 18.1. The SMILES string of the molecule is CC1(C)c2c[n+](CCC[n+]3ccccc3)ccc2-c2c1c[n+](CCC[n+]1ccccc1)c1ccccc21. The molecular weight excluding hydrogens is 452 g/mol. The lowest BCUT2D eigenvalue weighted by molar-refractivity contribution is -0.727. The van der Waals surface area contributed by atoms with E-state index in [1.54, 1.807) is 0 Å². The summed E-state index contributed by atoms with van der Waals surface area (Å²) in [4.78, 5) is 0. The van der Waals surface area contributed by atoms with Crippen LogP contribution in [0.1, 0.15) is 37.8 Å². The fourth-order valence-corrected chi connectivity index (χ4v) is 5.88. The second-order valence-electron chi connectivity index (χ2n) is 10.7. The molecule has 0 atom stereocenters. The fourth-order valence-electron chi connectivity index (χ4n) is 5.88. The molecule has 184 valence electrons. The van der Waals surface area contributed by atoms with E-state index in [0.717, 1.165) is 39.0 Å². The van der Waals surface area contributed by atoms with Gasteiger partial charge in [0, 0.05) is 58.5 Å². The second-order valence-corrected chi connectivity index (χ2v) is 10.7. The van der Waals surface area contributed by atoms with Crippen molar-refractivity contribution in [1.29, 1.82) is 0 Å². The standard InChI is InChI=1S/C33H36N4/c1-33(2)29-25-36(22-11-20-34-16-7-3-8-17-34)24-15-27(29)32-28-13-5-6-14-31(28)37(26-30(32)33)23-12-21-35-18-9-4-10-19-35/h3-10,13-19,24-26H,11-12,20-23H2,1-2H3/q+4. The maximum atomic E-state index is 2.48. The molecule has 0 spiro atoms. The molecule has 4 heterocycles. The van der Waals surface area contributed by atoms with E-state index >= 15 is 0 Å². The minimum Gasteiger partial charge on any atom is -0.205 e. The molecule has 0 radical (unpaired) electrons. The van der Waals surface area contributed by atoms with Crippen molar-refractivity contribution in [2.45, 2.75) is 58.3 Å². The number of hydrogen-bond acceptors (Lipinski definition) is 0. The van der Waals surface area contributed by atoms with Gasteiger partial charge in [-0.05, 0) is 11.6 Å². The quantitative estimate of drug-likeness (QED) is 0.286. The lowest BCUT2D eigenvalue weighted by Crippen LogP contribution is -2.40. The Hall–Kier alpha value is -3.92. The summed E-state index contributed by atoms with van der Waals surface area (Å²) in [6.45, 7) is 8.84. The van der Waals surface area contributed by atoms with Crippen molar-refractivity contribution < 1.29 is 18.3 Å². The van der Waals surface area contributed by atoms with Gasteiger partial charge < -0.3 is 0 Å². The Kier molecular flexibility index (Phi) is 6.25. The molecule has 4 nitrogen and oxygen atoms in total. The number of rotatable bonds is 8. The molecule has 4 heteroatoms. The van der Waals surface area contributed by atoms with Crippen molar-refractivity contribution in [3.63, 3.8) is 0 Å². The number of benzene rings is 1. The largest absolute Gasteiger partial charge is 0.213 e. The van der Waals surface area contributed by atoms with Gasteiger partial charge in [0.05, 0.1) is 18.2 Å². The van der Waals surface area contributed by atoms with Gasteiger partial charge in [-0.25, -0.2) is 13.7 Å². The Balaban J connectivity index is 1.30. The van der Waals surface area contributed by atoms with E-state index in [1.807, 2.05) is 0 Å². The van der Waals surface area contributed by atoms with Gasteiger partial charge in [-0.2, -0.15) is 4.57 Å². The molecule has 0 saturated carbocycles. The molecule has 37 heavy (non-hydrogen) atoms. The van der Waals surface area contributed by atoms with Crippen LogP contribution in [0.15, 0.2) is 110 Å². The molecule has 0 amide bonds. The Bertz CT molecular complexity index is 1540. The lowest BCUT2D eigenvalue weighted by atomic mass is 9.83. The smallest absolute Gasteiger partial charge is 0.205 e. The highest BCUT2D eigenvalue weighted by molar-refractivity contribution is 5.98. The maximum absolute atomic E-state index is 2.48. The van der Waals surface area contributed by atoms with Crippen molar-refractivity contribution in [2.24, 2.45) is 0 Å². The predicted octanol–water partition coefficient (Wildman–Crippen LogP) is 4.48. The molecule has 0 saturated heterocycles. The van der Waals surface area contributed by atoms with Crippen molar-refractivity contribution >= 4 is 10.9 Å². The highest BCUT2D eigenvalue weighted by Crippen LogP contribution is 2.49. The monoisotopic (exact) mass is 488 g/mol. The van der Waals surface area contributed by atoms with Crippen LogP contribution in [0.5, 0.6) is 0 Å². The third kappa shape index (κ3) is 4.53. The minimum atomic E-state index is -0.0399. The Labute approximate surface area is 219 Å². The first-order valence-corrected chi connectivity index (χ1v) is 13.5. The number of nitrogens with zero attached hydrogens (tertiary/aromatic N) is 4. The molecular formula is C33H36N4+4. The van der Waals surface area contributed by atoms with Crippen LogP contribution < -0.4 is 18.3 Å². The second kappa shape index (κ2) is 9.85. The average Bonchev–Trinajstić information content (AvgIpc) is 3.16. The average molecular weight is 489 g/mol. The highest BCUT2D eigenvalue weighted by atomic mass is 15.0. The molecule has 6 rings (SSSR count). The summed E-state index contributed by atoms with van der Waals surface area (Å²) >= 11 is 0. The third-order valence-corrected chi connectivity index (χ3v) is 7.87. The van der Waals surface area contributed by atoms with Gasteiger partial charge in [-0.1, -0.05) is 38.1 Å². The van der Waals surface area contributed by atoms with Crippen LogP contribution in [0, 0.1) is 0 Å². The normalized spacial score (nSPS) is 13.5. The van der Waals surface area contributed by atoms with Crippen molar-refractivity contribution in [1.82, 2.24) is 0 Å². The van der Waals surface area contributed by atoms with Gasteiger partial charge in [0.15, 0.2) is 69.6 Å². The van der Waals surface area contributed by atoms with Gasteiger partial charge in [-0.15, -0.1) is 0 Å². The van der Waals surface area contributed by atoms with Crippen LogP contribution in [-0.4, -0.2) is 0 Å². The lowest BCUT2D eigenvalue weighted by Gasteiger charge is -2.19. The zero-order valence-corrected chi connectivity index (χ0v) is 21.9. The Morgan fingerprint density at radius 2 is 1.19 bits per heavy atom. The van der Waals surface area contributed by atoms with E-state index in [1.165, 1.54) is 33.2 Å². The first-order valence-electron chi connectivity index (χ1n) is 13.5. The van der Waals surface area contributed by atoms with Crippen molar-refractivity contribution in [2.75, 3.05) is 0 Å². The molecule has 1 aliphatic carbocycles. The molecule has 0 fully saturated rings. The summed E-state index contributed by atoms with van der Waals surface area (Å²) in [5, 5.41) is 1.36. The van der Waals surface area contributed by atoms with Crippen LogP contribution in [0.2, 0.25) is 0 Å². The number of pyridine rings is 4. The first kappa shape index (κ1) is 23.5. The topological polar surface area (TPSA) is 15.5 Å². The van der Waals surface area contributed by atoms with Crippen LogP contribution >= 0.6 is 0 Å². The number of hydrogen-bond donors (Lipinski definition) is 0. The molecule has 1 aromatic carbocycles. The predicted molar refractivity (Wildman–Crippen MR) is 144 cm³/mol. The Morgan fingerprint density at radius 3 is 1.89 bits per heavy atom. The molecule has 0 N–H and O–H groups in total. The summed E-state index contributed by atoms with van der Waals surface area (Å²) in [7, 11) is 0. The van der Waals surface area contributed by atoms with Gasteiger partial charge >= 0.3 is 0 Å².